The van der Waals surface area contributed by atoms with Crippen LogP contribution in [-0.2, 0) is 14.2 Å². The molecule has 0 aromatic rings. The van der Waals surface area contributed by atoms with Gasteiger partial charge >= 0.3 is 93.5 Å². The Balaban J connectivity index is 3.98. The molecule has 4 heteroatoms. The van der Waals surface area contributed by atoms with E-state index in [1.54, 1.807) is 0 Å². The van der Waals surface area contributed by atoms with E-state index in [1.165, 1.54) is 22.5 Å². The summed E-state index contributed by atoms with van der Waals surface area (Å²) in [6.45, 7) is 7.82. The zero-order valence-electron chi connectivity index (χ0n) is 8.50. The van der Waals surface area contributed by atoms with Crippen LogP contribution >= 0.6 is 0 Å². The Morgan fingerprint density at radius 3 is 2.08 bits per heavy atom. The average molecular weight is 292 g/mol. The maximum absolute atomic E-state index is 5.37. The van der Waals surface area contributed by atoms with Gasteiger partial charge in [0.05, 0.1) is 0 Å². The second kappa shape index (κ2) is 8.69. The van der Waals surface area contributed by atoms with E-state index < -0.39 is 0 Å². The molecule has 3 radical (unpaired) electrons. The SMILES string of the molecule is CCOC(=C[CH]([Sn])OCC)OCC. The molecule has 0 amide bonds. The van der Waals surface area contributed by atoms with Crippen molar-refractivity contribution in [3.63, 3.8) is 0 Å². The van der Waals surface area contributed by atoms with Gasteiger partial charge in [0.2, 0.25) is 0 Å². The molecule has 0 heterocycles. The fourth-order valence-electron chi connectivity index (χ4n) is 0.774. The van der Waals surface area contributed by atoms with Crippen LogP contribution in [0.15, 0.2) is 12.0 Å². The molecule has 0 aliphatic heterocycles. The van der Waals surface area contributed by atoms with Crippen LogP contribution < -0.4 is 0 Å². The zero-order valence-corrected chi connectivity index (χ0v) is 11.4. The minimum atomic E-state index is 0.130. The normalized spacial score (nSPS) is 12.0. The molecule has 0 aromatic heterocycles. The van der Waals surface area contributed by atoms with E-state index in [0.717, 1.165) is 6.61 Å². The molecule has 3 nitrogen and oxygen atoms in total. The van der Waals surface area contributed by atoms with Crippen molar-refractivity contribution in [2.75, 3.05) is 19.8 Å². The maximum atomic E-state index is 5.37. The van der Waals surface area contributed by atoms with E-state index in [2.05, 4.69) is 0 Å². The molecule has 0 spiro atoms. The second-order valence-electron chi connectivity index (χ2n) is 2.23. The Kier molecular flexibility index (Phi) is 8.75. The molecule has 75 valence electrons. The third-order valence-electron chi connectivity index (χ3n) is 1.21. The van der Waals surface area contributed by atoms with Crippen LogP contribution in [0, 0.1) is 0 Å². The molecular weight excluding hydrogens is 275 g/mol. The average Bonchev–Trinajstić information content (AvgIpc) is 2.05. The Morgan fingerprint density at radius 1 is 1.15 bits per heavy atom. The van der Waals surface area contributed by atoms with Crippen LogP contribution in [0.3, 0.4) is 0 Å². The van der Waals surface area contributed by atoms with E-state index >= 15 is 0 Å². The fourth-order valence-corrected chi connectivity index (χ4v) is 1.64. The van der Waals surface area contributed by atoms with Gasteiger partial charge in [-0.2, -0.15) is 0 Å². The Bertz CT molecular complexity index is 140. The van der Waals surface area contributed by atoms with Crippen molar-refractivity contribution in [3.05, 3.63) is 12.0 Å². The molecular formula is C9H17O3Sn. The quantitative estimate of drug-likeness (QED) is 0.525. The van der Waals surface area contributed by atoms with Crippen molar-refractivity contribution in [2.24, 2.45) is 0 Å². The summed E-state index contributed by atoms with van der Waals surface area (Å²) in [6.07, 6.45) is 1.88. The van der Waals surface area contributed by atoms with E-state index in [4.69, 9.17) is 14.2 Å². The van der Waals surface area contributed by atoms with Crippen molar-refractivity contribution in [1.29, 1.82) is 0 Å². The molecule has 0 N–H and O–H groups in total. The van der Waals surface area contributed by atoms with Gasteiger partial charge in [0.1, 0.15) is 0 Å². The molecule has 0 rings (SSSR count). The topological polar surface area (TPSA) is 27.7 Å². The van der Waals surface area contributed by atoms with Gasteiger partial charge in [-0.1, -0.05) is 0 Å². The van der Waals surface area contributed by atoms with Crippen LogP contribution in [0.4, 0.5) is 0 Å². The summed E-state index contributed by atoms with van der Waals surface area (Å²) in [5, 5.41) is 0. The third-order valence-corrected chi connectivity index (χ3v) is 2.16. The summed E-state index contributed by atoms with van der Waals surface area (Å²) in [5.74, 6) is 0.584. The second-order valence-corrected chi connectivity index (χ2v) is 3.85. The van der Waals surface area contributed by atoms with Gasteiger partial charge in [0.25, 0.3) is 0 Å². The van der Waals surface area contributed by atoms with Gasteiger partial charge in [-0.3, -0.25) is 0 Å². The van der Waals surface area contributed by atoms with Gasteiger partial charge in [0, 0.05) is 0 Å². The van der Waals surface area contributed by atoms with Crippen molar-refractivity contribution in [2.45, 2.75) is 24.9 Å². The minimum absolute atomic E-state index is 0.130. The summed E-state index contributed by atoms with van der Waals surface area (Å²) >= 11 is 1.31. The summed E-state index contributed by atoms with van der Waals surface area (Å²) < 4.78 is 16.0. The molecule has 0 aliphatic carbocycles. The molecule has 0 aliphatic rings. The molecule has 1 atom stereocenters. The number of hydrogen-bond acceptors (Lipinski definition) is 3. The van der Waals surface area contributed by atoms with Crippen LogP contribution in [0.5, 0.6) is 0 Å². The van der Waals surface area contributed by atoms with Gasteiger partial charge in [-0.05, 0) is 0 Å². The van der Waals surface area contributed by atoms with E-state index in [9.17, 15) is 0 Å². The first-order valence-corrected chi connectivity index (χ1v) is 6.19. The van der Waals surface area contributed by atoms with Crippen LogP contribution in [0.25, 0.3) is 0 Å². The fraction of sp³-hybridized carbons (Fsp3) is 0.778. The third kappa shape index (κ3) is 7.19. The molecule has 0 saturated heterocycles. The van der Waals surface area contributed by atoms with Gasteiger partial charge in [0.15, 0.2) is 0 Å². The van der Waals surface area contributed by atoms with Crippen molar-refractivity contribution >= 4 is 22.5 Å². The Morgan fingerprint density at radius 2 is 1.69 bits per heavy atom. The summed E-state index contributed by atoms with van der Waals surface area (Å²) in [5.41, 5.74) is 0. The van der Waals surface area contributed by atoms with E-state index in [-0.39, 0.29) is 4.12 Å². The van der Waals surface area contributed by atoms with Crippen molar-refractivity contribution < 1.29 is 14.2 Å². The molecule has 1 unspecified atom stereocenters. The summed E-state index contributed by atoms with van der Waals surface area (Å²) in [7, 11) is 0. The molecule has 0 aromatic carbocycles. The van der Waals surface area contributed by atoms with Crippen LogP contribution in [0.2, 0.25) is 0 Å². The first-order valence-electron chi connectivity index (χ1n) is 4.54. The number of ether oxygens (including phenoxy) is 3. The summed E-state index contributed by atoms with van der Waals surface area (Å²) in [4.78, 5) is 0. The molecule has 0 saturated carbocycles. The monoisotopic (exact) mass is 293 g/mol. The molecule has 13 heavy (non-hydrogen) atoms. The van der Waals surface area contributed by atoms with Crippen LogP contribution in [0.1, 0.15) is 20.8 Å². The van der Waals surface area contributed by atoms with Gasteiger partial charge < -0.3 is 0 Å². The predicted octanol–water partition coefficient (Wildman–Crippen LogP) is 1.43. The summed E-state index contributed by atoms with van der Waals surface area (Å²) in [6, 6.07) is 0. The van der Waals surface area contributed by atoms with Crippen molar-refractivity contribution in [3.8, 4) is 0 Å². The first-order chi connectivity index (χ1) is 6.24. The zero-order chi connectivity index (χ0) is 10.1. The van der Waals surface area contributed by atoms with E-state index in [1.807, 2.05) is 26.8 Å². The standard InChI is InChI=1S/C9H17O3.Sn/c1-4-10-8-7-9(11-5-2)12-6-3;/h7-8H,4-6H2,1-3H3;. The Hall–Kier alpha value is 0.0987. The molecule has 0 fully saturated rings. The number of rotatable bonds is 7. The van der Waals surface area contributed by atoms with Crippen molar-refractivity contribution in [1.82, 2.24) is 0 Å². The predicted molar refractivity (Wildman–Crippen MR) is 52.5 cm³/mol. The van der Waals surface area contributed by atoms with Crippen LogP contribution in [-0.4, -0.2) is 46.5 Å². The Labute approximate surface area is 93.5 Å². The number of hydrogen-bond donors (Lipinski definition) is 0. The first kappa shape index (κ1) is 13.1. The van der Waals surface area contributed by atoms with Gasteiger partial charge in [-0.15, -0.1) is 0 Å². The van der Waals surface area contributed by atoms with Gasteiger partial charge in [-0.25, -0.2) is 0 Å². The van der Waals surface area contributed by atoms with E-state index in [0.29, 0.717) is 19.2 Å². The molecule has 0 bridgehead atoms.